The van der Waals surface area contributed by atoms with Crippen molar-refractivity contribution in [2.45, 2.75) is 0 Å². The van der Waals surface area contributed by atoms with Gasteiger partial charge in [0.2, 0.25) is 5.13 Å². The van der Waals surface area contributed by atoms with Crippen molar-refractivity contribution in [2.75, 3.05) is 19.6 Å². The number of benzene rings is 2. The zero-order chi connectivity index (χ0) is 16.8. The molecule has 0 saturated heterocycles. The first-order valence-electron chi connectivity index (χ1n) is 7.32. The topological polar surface area (TPSA) is 55.7 Å². The molecule has 24 heavy (non-hydrogen) atoms. The van der Waals surface area contributed by atoms with Crippen LogP contribution in [-0.4, -0.2) is 25.4 Å². The first kappa shape index (κ1) is 16.0. The van der Waals surface area contributed by atoms with Gasteiger partial charge in [-0.2, -0.15) is 5.10 Å². The Kier molecular flexibility index (Phi) is 5.08. The molecule has 1 aromatic heterocycles. The van der Waals surface area contributed by atoms with Gasteiger partial charge in [-0.05, 0) is 42.0 Å². The largest absolute Gasteiger partial charge is 0.497 e. The predicted molar refractivity (Wildman–Crippen MR) is 98.3 cm³/mol. The summed E-state index contributed by atoms with van der Waals surface area (Å²) < 4.78 is 10.5. The minimum Gasteiger partial charge on any atom is -0.497 e. The Hall–Kier alpha value is -2.86. The summed E-state index contributed by atoms with van der Waals surface area (Å²) in [6, 6.07) is 15.5. The minimum absolute atomic E-state index is 0.723. The van der Waals surface area contributed by atoms with Crippen molar-refractivity contribution in [3.63, 3.8) is 0 Å². The van der Waals surface area contributed by atoms with Crippen LogP contribution in [-0.2, 0) is 0 Å². The van der Waals surface area contributed by atoms with Gasteiger partial charge in [-0.3, -0.25) is 5.43 Å². The van der Waals surface area contributed by atoms with Gasteiger partial charge >= 0.3 is 0 Å². The number of ether oxygens (including phenoxy) is 2. The minimum atomic E-state index is 0.723. The summed E-state index contributed by atoms with van der Waals surface area (Å²) in [7, 11) is 3.30. The summed E-state index contributed by atoms with van der Waals surface area (Å²) in [5.74, 6) is 1.62. The smallest absolute Gasteiger partial charge is 0.203 e. The molecule has 3 aromatic rings. The van der Waals surface area contributed by atoms with E-state index in [1.165, 1.54) is 11.3 Å². The number of methoxy groups -OCH3 is 2. The Balaban J connectivity index is 1.68. The Morgan fingerprint density at radius 3 is 2.58 bits per heavy atom. The van der Waals surface area contributed by atoms with Gasteiger partial charge in [-0.15, -0.1) is 11.3 Å². The lowest BCUT2D eigenvalue weighted by molar-refractivity contribution is 0.415. The van der Waals surface area contributed by atoms with Crippen LogP contribution in [0, 0.1) is 0 Å². The van der Waals surface area contributed by atoms with Crippen molar-refractivity contribution in [2.24, 2.45) is 5.10 Å². The molecule has 0 aliphatic heterocycles. The van der Waals surface area contributed by atoms with Gasteiger partial charge in [-0.1, -0.05) is 12.1 Å². The Bertz CT molecular complexity index is 828. The summed E-state index contributed by atoms with van der Waals surface area (Å²) in [6.07, 6.45) is 1.74. The average molecular weight is 339 g/mol. The molecule has 0 radical (unpaired) electrons. The molecule has 5 nitrogen and oxygen atoms in total. The van der Waals surface area contributed by atoms with Gasteiger partial charge in [0.05, 0.1) is 26.1 Å². The molecule has 0 amide bonds. The molecule has 0 unspecified atom stereocenters. The number of para-hydroxylation sites is 1. The number of anilines is 1. The summed E-state index contributed by atoms with van der Waals surface area (Å²) >= 11 is 1.49. The highest BCUT2D eigenvalue weighted by Gasteiger charge is 2.08. The van der Waals surface area contributed by atoms with E-state index in [9.17, 15) is 0 Å². The van der Waals surface area contributed by atoms with Crippen molar-refractivity contribution >= 4 is 22.7 Å². The third-order valence-electron chi connectivity index (χ3n) is 3.38. The van der Waals surface area contributed by atoms with Crippen LogP contribution in [0.5, 0.6) is 11.5 Å². The molecule has 0 atom stereocenters. The van der Waals surface area contributed by atoms with E-state index in [0.29, 0.717) is 0 Å². The van der Waals surface area contributed by atoms with Crippen LogP contribution in [0.25, 0.3) is 11.3 Å². The number of thiazole rings is 1. The molecule has 1 heterocycles. The molecule has 2 aromatic carbocycles. The maximum Gasteiger partial charge on any atom is 0.203 e. The van der Waals surface area contributed by atoms with E-state index in [2.05, 4.69) is 15.5 Å². The Labute approximate surface area is 144 Å². The van der Waals surface area contributed by atoms with Crippen molar-refractivity contribution in [3.05, 3.63) is 59.5 Å². The molecule has 122 valence electrons. The first-order chi connectivity index (χ1) is 11.8. The summed E-state index contributed by atoms with van der Waals surface area (Å²) in [6.45, 7) is 0. The van der Waals surface area contributed by atoms with Gasteiger partial charge < -0.3 is 9.47 Å². The van der Waals surface area contributed by atoms with Crippen LogP contribution >= 0.6 is 11.3 Å². The molecule has 0 spiro atoms. The Morgan fingerprint density at radius 1 is 1.04 bits per heavy atom. The average Bonchev–Trinajstić information content (AvgIpc) is 3.11. The third-order valence-corrected chi connectivity index (χ3v) is 4.12. The molecule has 0 saturated carbocycles. The third kappa shape index (κ3) is 3.72. The molecule has 0 fully saturated rings. The van der Waals surface area contributed by atoms with Gasteiger partial charge in [0.1, 0.15) is 11.5 Å². The standard InChI is InChI=1S/C18H17N3O2S/c1-22-14-9-7-13(8-10-14)11-19-21-18-20-16(12-24-18)15-5-3-4-6-17(15)23-2/h3-12H,1-2H3,(H,20,21)/b19-11-. The number of hydrazone groups is 1. The number of hydrogen-bond donors (Lipinski definition) is 1. The lowest BCUT2D eigenvalue weighted by atomic mass is 10.1. The number of hydrogen-bond acceptors (Lipinski definition) is 6. The van der Waals surface area contributed by atoms with Crippen LogP contribution in [0.2, 0.25) is 0 Å². The maximum atomic E-state index is 5.37. The second-order valence-corrected chi connectivity index (χ2v) is 5.74. The molecular weight excluding hydrogens is 322 g/mol. The second-order valence-electron chi connectivity index (χ2n) is 4.88. The summed E-state index contributed by atoms with van der Waals surface area (Å²) in [5, 5.41) is 6.92. The zero-order valence-corrected chi connectivity index (χ0v) is 14.2. The van der Waals surface area contributed by atoms with Crippen LogP contribution in [0.15, 0.2) is 59.0 Å². The van der Waals surface area contributed by atoms with Crippen LogP contribution < -0.4 is 14.9 Å². The number of rotatable bonds is 6. The van der Waals surface area contributed by atoms with E-state index in [4.69, 9.17) is 9.47 Å². The van der Waals surface area contributed by atoms with Crippen LogP contribution in [0.1, 0.15) is 5.56 Å². The zero-order valence-electron chi connectivity index (χ0n) is 13.4. The molecule has 1 N–H and O–H groups in total. The van der Waals surface area contributed by atoms with E-state index in [1.807, 2.05) is 53.9 Å². The second kappa shape index (κ2) is 7.61. The number of nitrogens with one attached hydrogen (secondary N) is 1. The van der Waals surface area contributed by atoms with E-state index < -0.39 is 0 Å². The fraction of sp³-hybridized carbons (Fsp3) is 0.111. The van der Waals surface area contributed by atoms with Crippen molar-refractivity contribution in [1.29, 1.82) is 0 Å². The molecule has 0 aliphatic rings. The van der Waals surface area contributed by atoms with E-state index in [0.717, 1.165) is 33.5 Å². The van der Waals surface area contributed by atoms with Gasteiger partial charge in [0.25, 0.3) is 0 Å². The summed E-state index contributed by atoms with van der Waals surface area (Å²) in [5.41, 5.74) is 5.75. The van der Waals surface area contributed by atoms with Gasteiger partial charge in [-0.25, -0.2) is 4.98 Å². The predicted octanol–water partition coefficient (Wildman–Crippen LogP) is 4.27. The number of nitrogens with zero attached hydrogens (tertiary/aromatic N) is 2. The van der Waals surface area contributed by atoms with E-state index in [1.54, 1.807) is 20.4 Å². The highest BCUT2D eigenvalue weighted by atomic mass is 32.1. The van der Waals surface area contributed by atoms with Crippen LogP contribution in [0.4, 0.5) is 5.13 Å². The highest BCUT2D eigenvalue weighted by molar-refractivity contribution is 7.14. The Morgan fingerprint density at radius 2 is 1.83 bits per heavy atom. The molecule has 0 bridgehead atoms. The molecule has 0 aliphatic carbocycles. The van der Waals surface area contributed by atoms with Crippen molar-refractivity contribution < 1.29 is 9.47 Å². The number of aromatic nitrogens is 1. The first-order valence-corrected chi connectivity index (χ1v) is 8.20. The molecule has 3 rings (SSSR count). The van der Waals surface area contributed by atoms with Crippen molar-refractivity contribution in [1.82, 2.24) is 4.98 Å². The molecule has 6 heteroatoms. The SMILES string of the molecule is COc1ccc(/C=N\Nc2nc(-c3ccccc3OC)cs2)cc1. The van der Waals surface area contributed by atoms with Crippen molar-refractivity contribution in [3.8, 4) is 22.8 Å². The summed E-state index contributed by atoms with van der Waals surface area (Å²) in [4.78, 5) is 4.54. The lowest BCUT2D eigenvalue weighted by Gasteiger charge is -2.04. The van der Waals surface area contributed by atoms with Gasteiger partial charge in [0.15, 0.2) is 0 Å². The van der Waals surface area contributed by atoms with Gasteiger partial charge in [0, 0.05) is 10.9 Å². The van der Waals surface area contributed by atoms with E-state index in [-0.39, 0.29) is 0 Å². The quantitative estimate of drug-likeness (QED) is 0.538. The molecular formula is C18H17N3O2S. The van der Waals surface area contributed by atoms with Crippen LogP contribution in [0.3, 0.4) is 0 Å². The maximum absolute atomic E-state index is 5.37. The highest BCUT2D eigenvalue weighted by Crippen LogP contribution is 2.31. The monoisotopic (exact) mass is 339 g/mol. The fourth-order valence-electron chi connectivity index (χ4n) is 2.16. The van der Waals surface area contributed by atoms with E-state index >= 15 is 0 Å². The lowest BCUT2D eigenvalue weighted by Crippen LogP contribution is -1.91. The fourth-order valence-corrected chi connectivity index (χ4v) is 2.82. The normalized spacial score (nSPS) is 10.8.